The summed E-state index contributed by atoms with van der Waals surface area (Å²) in [5.41, 5.74) is 5.03. The summed E-state index contributed by atoms with van der Waals surface area (Å²) >= 11 is 0. The second-order valence-corrected chi connectivity index (χ2v) is 19.8. The summed E-state index contributed by atoms with van der Waals surface area (Å²) in [6.07, 6.45) is 0.00496. The fourth-order valence-electron chi connectivity index (χ4n) is 10.5. The minimum absolute atomic E-state index is 0.0316. The Bertz CT molecular complexity index is 3240. The van der Waals surface area contributed by atoms with Gasteiger partial charge in [0.1, 0.15) is 41.8 Å². The molecule has 3 aromatic carbocycles. The van der Waals surface area contributed by atoms with E-state index < -0.39 is 24.2 Å². The van der Waals surface area contributed by atoms with Gasteiger partial charge in [0.2, 0.25) is 23.6 Å². The number of rotatable bonds is 11. The maximum absolute atomic E-state index is 14.1. The number of nitrogens with zero attached hydrogens (tertiary/aromatic N) is 7. The van der Waals surface area contributed by atoms with Gasteiger partial charge in [0.05, 0.1) is 34.6 Å². The van der Waals surface area contributed by atoms with E-state index in [9.17, 15) is 39.3 Å². The van der Waals surface area contributed by atoms with Gasteiger partial charge in [-0.2, -0.15) is 0 Å². The lowest BCUT2D eigenvalue weighted by Crippen LogP contribution is -2.51. The zero-order chi connectivity index (χ0) is 50.9. The van der Waals surface area contributed by atoms with Crippen LogP contribution >= 0.6 is 0 Å². The van der Waals surface area contributed by atoms with E-state index in [1.165, 1.54) is 11.0 Å². The molecule has 10 rings (SSSR count). The van der Waals surface area contributed by atoms with Gasteiger partial charge in [0.15, 0.2) is 5.82 Å². The van der Waals surface area contributed by atoms with Gasteiger partial charge in [-0.05, 0) is 96.8 Å². The number of hydrogen-bond acceptors (Lipinski definition) is 14. The van der Waals surface area contributed by atoms with Crippen molar-refractivity contribution in [3.05, 3.63) is 105 Å². The molecule has 0 saturated carbocycles. The molecule has 18 heteroatoms. The topological polar surface area (TPSA) is 229 Å². The maximum atomic E-state index is 14.1. The van der Waals surface area contributed by atoms with Crippen molar-refractivity contribution in [2.45, 2.75) is 111 Å². The summed E-state index contributed by atoms with van der Waals surface area (Å²) in [5, 5.41) is 41.3. The molecule has 3 aromatic heterocycles. The van der Waals surface area contributed by atoms with Crippen LogP contribution in [-0.2, 0) is 38.6 Å². The van der Waals surface area contributed by atoms with Gasteiger partial charge in [-0.15, -0.1) is 10.2 Å². The molecule has 3 N–H and O–H groups in total. The van der Waals surface area contributed by atoms with Crippen molar-refractivity contribution < 1.29 is 48.7 Å². The number of cyclic esters (lactones) is 1. The average Bonchev–Trinajstić information content (AvgIpc) is 4.12. The molecule has 72 heavy (non-hydrogen) atoms. The van der Waals surface area contributed by atoms with E-state index in [-0.39, 0.29) is 101 Å². The molecular formula is C54H57N7O11. The molecular weight excluding hydrogens is 923 g/mol. The number of benzene rings is 3. The number of phenolic OH excluding ortho intramolecular Hbond substituents is 3. The highest BCUT2D eigenvalue weighted by atomic mass is 16.6. The summed E-state index contributed by atoms with van der Waals surface area (Å²) in [7, 11) is 0. The van der Waals surface area contributed by atoms with Crippen molar-refractivity contribution in [1.29, 1.82) is 0 Å². The summed E-state index contributed by atoms with van der Waals surface area (Å²) in [5.74, 6) is -0.883. The molecule has 4 aliphatic rings. The molecule has 374 valence electrons. The third kappa shape index (κ3) is 8.35. The molecule has 0 bridgehead atoms. The van der Waals surface area contributed by atoms with E-state index in [0.29, 0.717) is 84.7 Å². The standard InChI is InChI=1S/C54H57N7O11/c1-7-34-36-21-31(62)12-15-41(36)55-46-39(34)25-60-43(46)23-37-40(51(60)66)26-70-53(68)48(37)72-54(69)59-18-8-9-42(59)52(67)58-19-16-33(17-20-58)71-32-13-10-30(11-14-32)61-49(56-57-50(61)47(65)29(6)27(2)3)38-22-35(28(4)5)44(63)24-45(38)64/h10-15,21-24,27-29,33,42,48,62-64H,7-9,16-20,25-26H2,1-6H3/t29?,42-,48-/m0/s1. The molecule has 0 radical (unpaired) electrons. The Morgan fingerprint density at radius 1 is 0.861 bits per heavy atom. The number of aromatic nitrogens is 5. The Labute approximate surface area is 414 Å². The first-order valence-electron chi connectivity index (χ1n) is 24.7. The number of aromatic hydroxyl groups is 3. The summed E-state index contributed by atoms with van der Waals surface area (Å²) in [6, 6.07) is 15.9. The van der Waals surface area contributed by atoms with Crippen LogP contribution in [0.1, 0.15) is 118 Å². The summed E-state index contributed by atoms with van der Waals surface area (Å²) in [4.78, 5) is 77.3. The van der Waals surface area contributed by atoms with Crippen LogP contribution in [0.2, 0.25) is 0 Å². The number of phenols is 3. The lowest BCUT2D eigenvalue weighted by Gasteiger charge is -2.35. The number of esters is 1. The molecule has 0 aliphatic carbocycles. The average molecular weight is 980 g/mol. The SMILES string of the molecule is CCc1c2c(nc3ccc(O)cc13)-c1cc3c(c(=O)n1C2)COC(=O)[C@H]3OC(=O)N1CCC[C@H]1C(=O)N1CCC(Oc2ccc(-n3c(C(=O)C(C)C(C)C)nnc3-c3cc(C(C)C)c(O)cc3O)cc2)CC1. The molecule has 4 aliphatic heterocycles. The number of Topliss-reactive ketones (excluding diaryl/α,β-unsaturated/α-hetero) is 1. The predicted octanol–water partition coefficient (Wildman–Crippen LogP) is 7.72. The smallest absolute Gasteiger partial charge is 0.411 e. The van der Waals surface area contributed by atoms with Crippen molar-refractivity contribution in [3.8, 4) is 51.5 Å². The molecule has 2 amide bonds. The van der Waals surface area contributed by atoms with Crippen molar-refractivity contribution in [2.24, 2.45) is 11.8 Å². The van der Waals surface area contributed by atoms with Gasteiger partial charge in [0.25, 0.3) is 5.56 Å². The number of ether oxygens (including phenoxy) is 3. The summed E-state index contributed by atoms with van der Waals surface area (Å²) < 4.78 is 20.9. The molecule has 18 nitrogen and oxygen atoms in total. The predicted molar refractivity (Wildman–Crippen MR) is 263 cm³/mol. The van der Waals surface area contributed by atoms with Gasteiger partial charge >= 0.3 is 12.1 Å². The number of piperidine rings is 1. The van der Waals surface area contributed by atoms with Crippen LogP contribution in [0.15, 0.2) is 65.5 Å². The minimum Gasteiger partial charge on any atom is -0.508 e. The Hall–Kier alpha value is -7.76. The number of aryl methyl sites for hydroxylation is 1. The van der Waals surface area contributed by atoms with Gasteiger partial charge in [-0.25, -0.2) is 14.6 Å². The van der Waals surface area contributed by atoms with E-state index in [2.05, 4.69) is 10.2 Å². The van der Waals surface area contributed by atoms with Crippen molar-refractivity contribution in [1.82, 2.24) is 34.1 Å². The summed E-state index contributed by atoms with van der Waals surface area (Å²) in [6.45, 7) is 12.6. The number of amides is 2. The van der Waals surface area contributed by atoms with E-state index in [4.69, 9.17) is 19.2 Å². The molecule has 6 aromatic rings. The Morgan fingerprint density at radius 2 is 1.61 bits per heavy atom. The van der Waals surface area contributed by atoms with E-state index in [1.807, 2.05) is 41.5 Å². The van der Waals surface area contributed by atoms with Crippen molar-refractivity contribution >= 4 is 34.7 Å². The van der Waals surface area contributed by atoms with Gasteiger partial charge in [-0.3, -0.25) is 23.9 Å². The highest BCUT2D eigenvalue weighted by molar-refractivity contribution is 5.96. The third-order valence-corrected chi connectivity index (χ3v) is 14.8. The minimum atomic E-state index is -1.53. The first kappa shape index (κ1) is 47.9. The van der Waals surface area contributed by atoms with Crippen molar-refractivity contribution in [3.63, 3.8) is 0 Å². The Balaban J connectivity index is 0.814. The van der Waals surface area contributed by atoms with Gasteiger partial charge in [0, 0.05) is 66.7 Å². The number of likely N-dealkylation sites (tertiary alicyclic amines) is 2. The number of carbonyl (C=O) groups excluding carboxylic acids is 4. The van der Waals surface area contributed by atoms with E-state index in [1.54, 1.807) is 68.6 Å². The molecule has 3 atom stereocenters. The highest BCUT2D eigenvalue weighted by Crippen LogP contribution is 2.41. The lowest BCUT2D eigenvalue weighted by molar-refractivity contribution is -0.158. The van der Waals surface area contributed by atoms with Gasteiger partial charge < -0.3 is 39.0 Å². The van der Waals surface area contributed by atoms with Crippen LogP contribution in [0, 0.1) is 11.8 Å². The molecule has 0 spiro atoms. The second-order valence-electron chi connectivity index (χ2n) is 19.8. The maximum Gasteiger partial charge on any atom is 0.411 e. The second kappa shape index (κ2) is 18.8. The quantitative estimate of drug-likeness (QED) is 0.0833. The lowest BCUT2D eigenvalue weighted by atomic mass is 9.93. The molecule has 2 fully saturated rings. The van der Waals surface area contributed by atoms with Crippen LogP contribution in [0.25, 0.3) is 39.4 Å². The Morgan fingerprint density at radius 3 is 2.32 bits per heavy atom. The zero-order valence-corrected chi connectivity index (χ0v) is 41.0. The fraction of sp³-hybridized carbons (Fsp3) is 0.407. The zero-order valence-electron chi connectivity index (χ0n) is 41.0. The fourth-order valence-corrected chi connectivity index (χ4v) is 10.5. The van der Waals surface area contributed by atoms with E-state index in [0.717, 1.165) is 16.5 Å². The van der Waals surface area contributed by atoms with E-state index >= 15 is 0 Å². The van der Waals surface area contributed by atoms with Crippen LogP contribution < -0.4 is 10.3 Å². The normalized spacial score (nSPS) is 18.0. The Kier molecular flexibility index (Phi) is 12.5. The molecule has 1 unspecified atom stereocenters. The number of fused-ring (bicyclic) bond motifs is 5. The first-order chi connectivity index (χ1) is 34.5. The van der Waals surface area contributed by atoms with Crippen LogP contribution in [0.4, 0.5) is 4.79 Å². The molecule has 7 heterocycles. The van der Waals surface area contributed by atoms with Gasteiger partial charge in [-0.1, -0.05) is 41.5 Å². The van der Waals surface area contributed by atoms with Crippen LogP contribution in [0.3, 0.4) is 0 Å². The highest BCUT2D eigenvalue weighted by Gasteiger charge is 2.43. The first-order valence-corrected chi connectivity index (χ1v) is 24.7. The van der Waals surface area contributed by atoms with Crippen LogP contribution in [0.5, 0.6) is 23.0 Å². The number of hydrogen-bond donors (Lipinski definition) is 3. The number of ketones is 1. The number of pyridine rings is 2. The van der Waals surface area contributed by atoms with Crippen LogP contribution in [-0.4, -0.2) is 105 Å². The monoisotopic (exact) mass is 979 g/mol. The number of carbonyl (C=O) groups is 4. The largest absolute Gasteiger partial charge is 0.508 e. The third-order valence-electron chi connectivity index (χ3n) is 14.8. The molecule has 2 saturated heterocycles. The van der Waals surface area contributed by atoms with Crippen molar-refractivity contribution in [2.75, 3.05) is 19.6 Å².